The molecule has 0 saturated carbocycles. The summed E-state index contributed by atoms with van der Waals surface area (Å²) in [6, 6.07) is 17.2. The zero-order valence-electron chi connectivity index (χ0n) is 21.3. The lowest BCUT2D eigenvalue weighted by atomic mass is 10.2. The number of rotatable bonds is 11. The molecule has 0 radical (unpaired) electrons. The second kappa shape index (κ2) is 12.2. The van der Waals surface area contributed by atoms with Crippen LogP contribution in [0.4, 0.5) is 10.2 Å². The molecule has 0 saturated heterocycles. The average molecular weight is 537 g/mol. The molecular weight excluding hydrogens is 507 g/mol. The highest BCUT2D eigenvalue weighted by Crippen LogP contribution is 2.38. The van der Waals surface area contributed by atoms with E-state index in [0.717, 1.165) is 5.56 Å². The Bertz CT molecular complexity index is 1400. The van der Waals surface area contributed by atoms with Crippen molar-refractivity contribution in [3.63, 3.8) is 0 Å². The fourth-order valence-corrected chi connectivity index (χ4v) is 4.42. The second-order valence-electron chi connectivity index (χ2n) is 7.96. The Balaban J connectivity index is 1.78. The van der Waals surface area contributed by atoms with Crippen molar-refractivity contribution in [1.82, 2.24) is 19.3 Å². The maximum absolute atomic E-state index is 13.2. The molecule has 2 heterocycles. The Morgan fingerprint density at radius 3 is 2.37 bits per heavy atom. The first kappa shape index (κ1) is 26.7. The van der Waals surface area contributed by atoms with Crippen molar-refractivity contribution >= 4 is 23.8 Å². The molecule has 0 bridgehead atoms. The summed E-state index contributed by atoms with van der Waals surface area (Å²) in [6.45, 7) is 2.36. The van der Waals surface area contributed by atoms with E-state index in [1.807, 2.05) is 37.3 Å². The summed E-state index contributed by atoms with van der Waals surface area (Å²) in [5.41, 5.74) is 15.3. The number of hydrogen-bond acceptors (Lipinski definition) is 9. The van der Waals surface area contributed by atoms with Gasteiger partial charge in [-0.3, -0.25) is 4.57 Å². The van der Waals surface area contributed by atoms with E-state index in [1.54, 1.807) is 43.1 Å². The lowest BCUT2D eigenvalue weighted by Crippen LogP contribution is -2.14. The van der Waals surface area contributed by atoms with Gasteiger partial charge in [0.05, 0.1) is 26.5 Å². The van der Waals surface area contributed by atoms with Crippen LogP contribution in [-0.4, -0.2) is 35.4 Å². The van der Waals surface area contributed by atoms with Gasteiger partial charge in [0.1, 0.15) is 34.5 Å². The number of methoxy groups -OCH3 is 2. The van der Waals surface area contributed by atoms with Gasteiger partial charge in [-0.25, -0.2) is 14.4 Å². The van der Waals surface area contributed by atoms with E-state index in [2.05, 4.69) is 14.7 Å². The van der Waals surface area contributed by atoms with Crippen molar-refractivity contribution in [3.8, 4) is 34.6 Å². The Labute approximate surface area is 224 Å². The van der Waals surface area contributed by atoms with Crippen molar-refractivity contribution in [1.29, 1.82) is 0 Å². The number of nitrogens with two attached hydrogens (primary N) is 2. The third-order valence-corrected chi connectivity index (χ3v) is 6.30. The normalized spacial score (nSPS) is 11.3. The number of ether oxygens (including phenoxy) is 3. The molecule has 0 aliphatic rings. The molecule has 0 atom stereocenters. The molecule has 2 aromatic heterocycles. The van der Waals surface area contributed by atoms with Crippen LogP contribution in [0.1, 0.15) is 18.2 Å². The Morgan fingerprint density at radius 1 is 1.03 bits per heavy atom. The molecule has 38 heavy (non-hydrogen) atoms. The molecule has 198 valence electrons. The summed E-state index contributed by atoms with van der Waals surface area (Å²) >= 11 is 1.36. The van der Waals surface area contributed by atoms with Crippen LogP contribution >= 0.6 is 11.9 Å². The predicted molar refractivity (Wildman–Crippen MR) is 148 cm³/mol. The van der Waals surface area contributed by atoms with Crippen LogP contribution in [0.15, 0.2) is 66.5 Å². The van der Waals surface area contributed by atoms with Gasteiger partial charge < -0.3 is 30.4 Å². The number of nitrogens with zero attached hydrogens (tertiary/aromatic N) is 3. The Kier molecular flexibility index (Phi) is 8.59. The van der Waals surface area contributed by atoms with Crippen LogP contribution in [-0.2, 0) is 5.75 Å². The molecule has 2 aromatic carbocycles. The van der Waals surface area contributed by atoms with Gasteiger partial charge in [0.15, 0.2) is 11.6 Å². The first-order valence-corrected chi connectivity index (χ1v) is 12.7. The quantitative estimate of drug-likeness (QED) is 0.233. The predicted octanol–water partition coefficient (Wildman–Crippen LogP) is 4.77. The molecule has 0 fully saturated rings. The van der Waals surface area contributed by atoms with Gasteiger partial charge in [-0.2, -0.15) is 0 Å². The summed E-state index contributed by atoms with van der Waals surface area (Å²) < 4.78 is 35.0. The molecule has 0 aliphatic heterocycles. The molecule has 0 spiro atoms. The van der Waals surface area contributed by atoms with Gasteiger partial charge in [-0.15, -0.1) is 0 Å². The van der Waals surface area contributed by atoms with Crippen molar-refractivity contribution in [2.45, 2.75) is 12.7 Å². The summed E-state index contributed by atoms with van der Waals surface area (Å²) in [6.07, 6.45) is 1.68. The van der Waals surface area contributed by atoms with Crippen LogP contribution in [0.2, 0.25) is 0 Å². The lowest BCUT2D eigenvalue weighted by molar-refractivity contribution is 0.327. The number of hydrogen-bond donors (Lipinski definition) is 3. The van der Waals surface area contributed by atoms with E-state index in [9.17, 15) is 4.39 Å². The number of imidazole rings is 1. The average Bonchev–Trinajstić information content (AvgIpc) is 3.24. The van der Waals surface area contributed by atoms with E-state index in [1.165, 1.54) is 24.1 Å². The number of anilines is 1. The minimum atomic E-state index is -0.279. The molecule has 5 N–H and O–H groups in total. The Hall–Kier alpha value is -4.38. The molecule has 11 heteroatoms. The number of benzene rings is 2. The largest absolute Gasteiger partial charge is 0.494 e. The highest BCUT2D eigenvalue weighted by Gasteiger charge is 2.24. The van der Waals surface area contributed by atoms with Gasteiger partial charge >= 0.3 is 0 Å². The fraction of sp³-hybridized carbons (Fsp3) is 0.185. The minimum absolute atomic E-state index is 0.227. The summed E-state index contributed by atoms with van der Waals surface area (Å²) in [5.74, 6) is 2.84. The van der Waals surface area contributed by atoms with Crippen LogP contribution in [0, 0.1) is 5.82 Å². The topological polar surface area (TPSA) is 122 Å². The third-order valence-electron chi connectivity index (χ3n) is 5.45. The summed E-state index contributed by atoms with van der Waals surface area (Å²) in [7, 11) is 3.15. The molecule has 0 amide bonds. The van der Waals surface area contributed by atoms with Gasteiger partial charge in [0, 0.05) is 17.9 Å². The van der Waals surface area contributed by atoms with Gasteiger partial charge in [0.25, 0.3) is 0 Å². The van der Waals surface area contributed by atoms with Crippen molar-refractivity contribution in [2.75, 3.05) is 26.6 Å². The zero-order valence-corrected chi connectivity index (χ0v) is 22.1. The van der Waals surface area contributed by atoms with E-state index < -0.39 is 0 Å². The summed E-state index contributed by atoms with van der Waals surface area (Å²) in [4.78, 5) is 9.25. The molecular formula is C27H29FN6O3S. The van der Waals surface area contributed by atoms with E-state index in [0.29, 0.717) is 58.5 Å². The second-order valence-corrected chi connectivity index (χ2v) is 8.74. The smallest absolute Gasteiger partial charge is 0.213 e. The van der Waals surface area contributed by atoms with Crippen LogP contribution in [0.25, 0.3) is 23.3 Å². The summed E-state index contributed by atoms with van der Waals surface area (Å²) in [5, 5.41) is 0. The first-order chi connectivity index (χ1) is 18.4. The van der Waals surface area contributed by atoms with Gasteiger partial charge in [0.2, 0.25) is 5.88 Å². The Morgan fingerprint density at radius 2 is 1.71 bits per heavy atom. The fourth-order valence-electron chi connectivity index (χ4n) is 3.77. The number of halogens is 1. The number of para-hydroxylation sites is 1. The highest BCUT2D eigenvalue weighted by atomic mass is 32.2. The monoisotopic (exact) mass is 536 g/mol. The lowest BCUT2D eigenvalue weighted by Gasteiger charge is -2.18. The molecule has 9 nitrogen and oxygen atoms in total. The van der Waals surface area contributed by atoms with Crippen molar-refractivity contribution in [2.24, 2.45) is 5.73 Å². The number of nitrogen functional groups attached to an aromatic ring is 1. The SMILES string of the molecule is CCOc1cccc(-c2nc(N)c(/C=C(\N)NSCc3ccc(F)cc3)n2-c2c(OC)cccc2OC)n1. The highest BCUT2D eigenvalue weighted by molar-refractivity contribution is 7.96. The van der Waals surface area contributed by atoms with Gasteiger partial charge in [-0.1, -0.05) is 24.3 Å². The molecule has 0 aliphatic carbocycles. The van der Waals surface area contributed by atoms with Crippen molar-refractivity contribution in [3.05, 3.63) is 83.6 Å². The third kappa shape index (κ3) is 5.94. The maximum atomic E-state index is 13.2. The minimum Gasteiger partial charge on any atom is -0.494 e. The zero-order chi connectivity index (χ0) is 27.1. The standard InChI is InChI=1S/C27H29FN6O3S/c1-4-37-24-10-5-7-19(31-24)27-32-26(30)20(34(27)25-21(35-2)8-6-9-22(25)36-3)15-23(29)33-38-16-17-11-13-18(28)14-12-17/h5-15,33H,4,16,29-30H2,1-3H3/b23-15+. The van der Waals surface area contributed by atoms with Crippen LogP contribution in [0.3, 0.4) is 0 Å². The molecule has 0 unspecified atom stereocenters. The number of aromatic nitrogens is 3. The van der Waals surface area contributed by atoms with Crippen LogP contribution < -0.4 is 30.4 Å². The molecule has 4 aromatic rings. The van der Waals surface area contributed by atoms with E-state index in [4.69, 9.17) is 25.7 Å². The number of pyridine rings is 1. The first-order valence-electron chi connectivity index (χ1n) is 11.7. The molecule has 4 rings (SSSR count). The van der Waals surface area contributed by atoms with Crippen molar-refractivity contribution < 1.29 is 18.6 Å². The maximum Gasteiger partial charge on any atom is 0.213 e. The number of nitrogens with one attached hydrogen (secondary N) is 1. The van der Waals surface area contributed by atoms with E-state index >= 15 is 0 Å². The van der Waals surface area contributed by atoms with Crippen LogP contribution in [0.5, 0.6) is 17.4 Å². The van der Waals surface area contributed by atoms with Gasteiger partial charge in [-0.05, 0) is 54.8 Å². The van der Waals surface area contributed by atoms with E-state index in [-0.39, 0.29) is 11.6 Å².